The van der Waals surface area contributed by atoms with Crippen molar-refractivity contribution in [2.75, 3.05) is 54.8 Å². The van der Waals surface area contributed by atoms with Crippen LogP contribution < -0.4 is 15.5 Å². The number of cyclic esters (lactones) is 1. The highest BCUT2D eigenvalue weighted by Gasteiger charge is 2.54. The predicted molar refractivity (Wildman–Crippen MR) is 297 cm³/mol. The number of hydrogen-bond donors (Lipinski definition) is 6. The van der Waals surface area contributed by atoms with Crippen LogP contribution in [0, 0.1) is 23.7 Å². The van der Waals surface area contributed by atoms with Crippen molar-refractivity contribution in [3.63, 3.8) is 0 Å². The fourth-order valence-corrected chi connectivity index (χ4v) is 12.4. The molecule has 6 N–H and O–H groups in total. The van der Waals surface area contributed by atoms with Crippen molar-refractivity contribution in [1.29, 1.82) is 0 Å². The Balaban J connectivity index is 1.20. The number of aromatic nitrogens is 1. The number of carboxylic acid groups (broad SMARTS) is 1. The minimum atomic E-state index is -2.01. The third kappa shape index (κ3) is 15.3. The van der Waals surface area contributed by atoms with Crippen LogP contribution in [0.3, 0.4) is 0 Å². The molecular formula is C58H92N4O19. The summed E-state index contributed by atoms with van der Waals surface area (Å²) in [7, 11) is 6.61. The summed E-state index contributed by atoms with van der Waals surface area (Å²) in [6, 6.07) is 3.25. The lowest BCUT2D eigenvalue weighted by Gasteiger charge is -2.49. The van der Waals surface area contributed by atoms with E-state index in [1.54, 1.807) is 66.0 Å². The zero-order valence-corrected chi connectivity index (χ0v) is 49.9. The van der Waals surface area contributed by atoms with Gasteiger partial charge in [0.15, 0.2) is 18.7 Å². The molecule has 2 aromatic rings. The number of pyridine rings is 1. The Kier molecular flexibility index (Phi) is 22.7. The second-order valence-electron chi connectivity index (χ2n) is 23.8. The van der Waals surface area contributed by atoms with Gasteiger partial charge in [-0.1, -0.05) is 32.9 Å². The van der Waals surface area contributed by atoms with Gasteiger partial charge in [0.2, 0.25) is 12.2 Å². The Labute approximate surface area is 475 Å². The number of oxime groups is 1. The Bertz CT molecular complexity index is 2540. The largest absolute Gasteiger partial charge is 0.491 e. The average molecular weight is 1150 g/mol. The van der Waals surface area contributed by atoms with Gasteiger partial charge >= 0.3 is 17.9 Å². The molecule has 81 heavy (non-hydrogen) atoms. The van der Waals surface area contributed by atoms with E-state index < -0.39 is 119 Å². The summed E-state index contributed by atoms with van der Waals surface area (Å²) in [6.07, 6.45) is -7.01. The number of carboxylic acids is 1. The van der Waals surface area contributed by atoms with E-state index >= 15 is 0 Å². The number of likely N-dealkylation sites (N-methyl/N-ethyl adjacent to an activating group) is 1. The molecule has 0 saturated carbocycles. The van der Waals surface area contributed by atoms with Crippen LogP contribution in [0.1, 0.15) is 130 Å². The maximum absolute atomic E-state index is 14.7. The third-order valence-electron chi connectivity index (χ3n) is 17.0. The number of esters is 2. The van der Waals surface area contributed by atoms with Gasteiger partial charge in [-0.15, -0.1) is 0 Å². The monoisotopic (exact) mass is 1150 g/mol. The molecule has 23 nitrogen and oxygen atoms in total. The van der Waals surface area contributed by atoms with Crippen LogP contribution in [-0.4, -0.2) is 198 Å². The number of carbonyl (C=O) groups is 3. The molecule has 0 spiro atoms. The number of benzene rings is 1. The number of aliphatic hydroxyl groups excluding tert-OH is 2. The smallest absolute Gasteiger partial charge is 0.341 e. The van der Waals surface area contributed by atoms with Crippen molar-refractivity contribution in [2.24, 2.45) is 28.8 Å². The van der Waals surface area contributed by atoms with E-state index in [-0.39, 0.29) is 62.4 Å². The van der Waals surface area contributed by atoms with Gasteiger partial charge in [-0.3, -0.25) is 14.4 Å². The number of carbonyl (C=O) groups excluding carboxylic acids is 2. The standard InChI is InChI=1S/C58H92N4O19/c1-15-42-58(10,71)50(66)33(4)45(60-75-30-72-13)31(2)27-56(8,70)51(81-55-48(65)40(61(11)12)24-32(3)76-55)34(5)49(35(6)54(69)78-42)80-44-28-57(9,73-14)52(36(7)77-44)79-43(63)19-21-59-20-16-18-37-25-38-46-41(26-37)74-23-17-22-62(46)29-39(47(38)64)53(67)68/h25-26,29,31-36,40,42,44,48-52,55,59,65-66,70-71H,15-24,27-28,30H2,1-14H3,(H,67,68)/t31-,32-,33+,34+,35-,36+,40+,42-,44+,48-,49+,50-,51-,52+,55+,56-,57-,58-/m1/s1. The first kappa shape index (κ1) is 65.8. The maximum atomic E-state index is 14.7. The summed E-state index contributed by atoms with van der Waals surface area (Å²) < 4.78 is 57.8. The van der Waals surface area contributed by atoms with Crippen LogP contribution in [0.4, 0.5) is 0 Å². The molecule has 3 fully saturated rings. The fourth-order valence-electron chi connectivity index (χ4n) is 12.4. The lowest BCUT2D eigenvalue weighted by Crippen LogP contribution is -2.61. The van der Waals surface area contributed by atoms with Crippen molar-refractivity contribution >= 4 is 34.5 Å². The molecule has 458 valence electrons. The maximum Gasteiger partial charge on any atom is 0.341 e. The molecule has 4 aliphatic rings. The zero-order valence-electron chi connectivity index (χ0n) is 49.9. The highest BCUT2D eigenvalue weighted by Crippen LogP contribution is 2.42. The van der Waals surface area contributed by atoms with E-state index in [4.69, 9.17) is 47.5 Å². The lowest BCUT2D eigenvalue weighted by atomic mass is 9.73. The topological polar surface area (TPSA) is 294 Å². The molecule has 4 aliphatic heterocycles. The Morgan fingerprint density at radius 1 is 0.951 bits per heavy atom. The summed E-state index contributed by atoms with van der Waals surface area (Å²) in [5.41, 5.74) is -4.19. The molecule has 0 amide bonds. The van der Waals surface area contributed by atoms with Crippen molar-refractivity contribution in [2.45, 2.75) is 211 Å². The Morgan fingerprint density at radius 3 is 2.32 bits per heavy atom. The number of ether oxygens (including phenoxy) is 9. The molecule has 0 radical (unpaired) electrons. The van der Waals surface area contributed by atoms with E-state index in [0.717, 1.165) is 5.56 Å². The zero-order chi connectivity index (χ0) is 59.9. The van der Waals surface area contributed by atoms with E-state index in [1.807, 2.05) is 32.0 Å². The highest BCUT2D eigenvalue weighted by molar-refractivity contribution is 5.94. The second kappa shape index (κ2) is 28.0. The van der Waals surface area contributed by atoms with E-state index in [1.165, 1.54) is 27.3 Å². The number of aryl methyl sites for hydroxylation is 2. The number of hydrogen-bond acceptors (Lipinski definition) is 21. The first-order valence-corrected chi connectivity index (χ1v) is 28.6. The molecule has 1 aromatic heterocycles. The van der Waals surface area contributed by atoms with Crippen molar-refractivity contribution in [1.82, 2.24) is 14.8 Å². The van der Waals surface area contributed by atoms with Gasteiger partial charge in [0.1, 0.15) is 34.7 Å². The third-order valence-corrected chi connectivity index (χ3v) is 17.0. The number of nitrogens with zero attached hydrogens (tertiary/aromatic N) is 3. The molecule has 6 rings (SSSR count). The minimum absolute atomic E-state index is 0.00507. The number of methoxy groups -OCH3 is 2. The Morgan fingerprint density at radius 2 is 1.67 bits per heavy atom. The summed E-state index contributed by atoms with van der Waals surface area (Å²) in [4.78, 5) is 60.7. The summed E-state index contributed by atoms with van der Waals surface area (Å²) in [5.74, 6) is -5.66. The van der Waals surface area contributed by atoms with Crippen molar-refractivity contribution < 1.29 is 87.4 Å². The highest BCUT2D eigenvalue weighted by atomic mass is 16.7. The molecule has 0 unspecified atom stereocenters. The molecule has 3 saturated heterocycles. The van der Waals surface area contributed by atoms with Gasteiger partial charge in [-0.25, -0.2) is 4.79 Å². The summed E-state index contributed by atoms with van der Waals surface area (Å²) in [5, 5.41) is 66.5. The van der Waals surface area contributed by atoms with Crippen LogP contribution in [0.5, 0.6) is 5.75 Å². The molecule has 0 bridgehead atoms. The van der Waals surface area contributed by atoms with Crippen LogP contribution in [0.15, 0.2) is 28.3 Å². The van der Waals surface area contributed by atoms with Gasteiger partial charge in [0, 0.05) is 63.7 Å². The minimum Gasteiger partial charge on any atom is -0.491 e. The van der Waals surface area contributed by atoms with Crippen molar-refractivity contribution in [3.05, 3.63) is 39.7 Å². The lowest BCUT2D eigenvalue weighted by molar-refractivity contribution is -0.318. The van der Waals surface area contributed by atoms with E-state index in [2.05, 4.69) is 10.5 Å². The van der Waals surface area contributed by atoms with Crippen LogP contribution in [0.25, 0.3) is 10.9 Å². The Hall–Kier alpha value is -4.37. The fraction of sp³-hybridized carbons (Fsp3) is 0.776. The number of aliphatic hydroxyl groups is 4. The molecule has 18 atom stereocenters. The van der Waals surface area contributed by atoms with Crippen LogP contribution in [0.2, 0.25) is 0 Å². The number of nitrogens with one attached hydrogen (secondary N) is 1. The van der Waals surface area contributed by atoms with Crippen LogP contribution in [-0.2, 0) is 65.3 Å². The summed E-state index contributed by atoms with van der Waals surface area (Å²) in [6.45, 7) is 18.4. The molecule has 0 aliphatic carbocycles. The second-order valence-corrected chi connectivity index (χ2v) is 23.8. The van der Waals surface area contributed by atoms with Gasteiger partial charge in [-0.05, 0) is 118 Å². The summed E-state index contributed by atoms with van der Waals surface area (Å²) >= 11 is 0. The van der Waals surface area contributed by atoms with Crippen molar-refractivity contribution in [3.8, 4) is 5.75 Å². The van der Waals surface area contributed by atoms with Crippen LogP contribution >= 0.6 is 0 Å². The number of rotatable bonds is 19. The van der Waals surface area contributed by atoms with E-state index in [9.17, 15) is 44.7 Å². The SMILES string of the molecule is CC[C@H]1OC(=O)[C@H](C)[C@@H](O[C@H]2C[C@@](C)(OC)[C@@H](OC(=O)CCNCCCc3cc4c5c(c3)c(=O)c(C(=O)O)cn5CCCO4)[C@H](C)O2)[C@H](C)[C@@H](O[C@@H]2O[C@H](C)C[C@H](N(C)C)[C@H]2O)[C@](C)(O)C[C@@H](C)C(=NOCOC)[C@H](C)[C@@H](O)[C@]1(C)O. The first-order chi connectivity index (χ1) is 38.1. The van der Waals surface area contributed by atoms with Gasteiger partial charge in [0.05, 0.1) is 71.7 Å². The van der Waals surface area contributed by atoms with Gasteiger partial charge in [-0.2, -0.15) is 0 Å². The molecule has 23 heteroatoms. The van der Waals surface area contributed by atoms with E-state index in [0.29, 0.717) is 62.0 Å². The molecular weight excluding hydrogens is 1060 g/mol. The quantitative estimate of drug-likeness (QED) is 0.0498. The normalized spacial score (nSPS) is 36.8. The average Bonchev–Trinajstić information content (AvgIpc) is 3.82. The van der Waals surface area contributed by atoms with Gasteiger partial charge in [0.25, 0.3) is 0 Å². The van der Waals surface area contributed by atoms with Gasteiger partial charge < -0.3 is 87.8 Å². The molecule has 1 aromatic carbocycles. The molecule has 5 heterocycles. The first-order valence-electron chi connectivity index (χ1n) is 28.6. The number of aromatic carboxylic acids is 1. The predicted octanol–water partition coefficient (Wildman–Crippen LogP) is 4.15.